The molecule has 5 rings (SSSR count). The summed E-state index contributed by atoms with van der Waals surface area (Å²) in [5, 5.41) is 62.9. The molecule has 0 aromatic heterocycles. The number of phenolic OH excluding ortho intramolecular Hbond substituents is 2. The van der Waals surface area contributed by atoms with Crippen molar-refractivity contribution in [2.45, 2.75) is 18.9 Å². The zero-order chi connectivity index (χ0) is 45.8. The van der Waals surface area contributed by atoms with Crippen LogP contribution in [0.15, 0.2) is 103 Å². The minimum absolute atomic E-state index is 0.00333. The number of nitriles is 1. The molecule has 4 amide bonds. The van der Waals surface area contributed by atoms with Crippen LogP contribution in [0.3, 0.4) is 0 Å². The predicted molar refractivity (Wildman–Crippen MR) is 230 cm³/mol. The van der Waals surface area contributed by atoms with Gasteiger partial charge in [-0.15, -0.1) is 0 Å². The molecule has 0 heterocycles. The number of aldehydes is 1. The molecule has 0 aliphatic heterocycles. The lowest BCUT2D eigenvalue weighted by Gasteiger charge is -2.27. The van der Waals surface area contributed by atoms with Crippen molar-refractivity contribution in [1.29, 1.82) is 5.26 Å². The van der Waals surface area contributed by atoms with Gasteiger partial charge >= 0.3 is 5.97 Å². The molecule has 322 valence electrons. The first-order valence-electron chi connectivity index (χ1n) is 18.7. The Bertz CT molecular complexity index is 2640. The molecule has 18 nitrogen and oxygen atoms in total. The number of carboxylic acids is 1. The molecule has 63 heavy (non-hydrogen) atoms. The molecule has 9 N–H and O–H groups in total. The molecule has 0 saturated carbocycles. The van der Waals surface area contributed by atoms with Crippen molar-refractivity contribution in [3.05, 3.63) is 131 Å². The Labute approximate surface area is 359 Å². The summed E-state index contributed by atoms with van der Waals surface area (Å²) in [5.74, 6) is -5.87. The first kappa shape index (κ1) is 45.2. The summed E-state index contributed by atoms with van der Waals surface area (Å²) in [4.78, 5) is 76.0. The third-order valence-corrected chi connectivity index (χ3v) is 9.47. The van der Waals surface area contributed by atoms with E-state index in [2.05, 4.69) is 26.6 Å². The van der Waals surface area contributed by atoms with Crippen molar-refractivity contribution in [3.8, 4) is 34.8 Å². The number of rotatable bonds is 17. The van der Waals surface area contributed by atoms with Crippen LogP contribution in [0.1, 0.15) is 60.3 Å². The van der Waals surface area contributed by atoms with Gasteiger partial charge in [-0.25, -0.2) is 4.79 Å². The first-order valence-corrected chi connectivity index (χ1v) is 18.7. The van der Waals surface area contributed by atoms with E-state index in [9.17, 15) is 54.5 Å². The highest BCUT2D eigenvalue weighted by Gasteiger charge is 2.32. The Morgan fingerprint density at radius 3 is 1.71 bits per heavy atom. The zero-order valence-corrected chi connectivity index (χ0v) is 33.8. The number of nitrogens with zero attached hydrogens (tertiary/aromatic N) is 1. The molecule has 1 unspecified atom stereocenters. The molecular weight excluding hydrogens is 817 g/mol. The van der Waals surface area contributed by atoms with Crippen molar-refractivity contribution >= 4 is 64.2 Å². The number of carbonyl (C=O) groups excluding carboxylic acids is 5. The number of carboxylic acid groups (broad SMARTS) is 1. The van der Waals surface area contributed by atoms with Crippen LogP contribution in [0.5, 0.6) is 28.7 Å². The van der Waals surface area contributed by atoms with Crippen molar-refractivity contribution in [1.82, 2.24) is 5.32 Å². The maximum atomic E-state index is 13.3. The van der Waals surface area contributed by atoms with Gasteiger partial charge in [0.05, 0.1) is 43.6 Å². The number of allylic oxidation sites excluding steroid dienone is 1. The molecule has 5 aromatic carbocycles. The minimum atomic E-state index is -1.66. The summed E-state index contributed by atoms with van der Waals surface area (Å²) in [5.41, 5.74) is 0.00808. The molecule has 0 aliphatic rings. The smallest absolute Gasteiger partial charge is 0.339 e. The van der Waals surface area contributed by atoms with Gasteiger partial charge in [0, 0.05) is 35.1 Å². The number of methoxy groups -OCH3 is 2. The van der Waals surface area contributed by atoms with Crippen molar-refractivity contribution in [2.75, 3.05) is 42.0 Å². The van der Waals surface area contributed by atoms with Crippen LogP contribution in [-0.2, 0) is 9.59 Å². The van der Waals surface area contributed by atoms with Crippen LogP contribution in [0.25, 0.3) is 5.57 Å². The number of hydrogen-bond donors (Lipinski definition) is 9. The fraction of sp³-hybridized carbons (Fsp3) is 0.133. The highest BCUT2D eigenvalue weighted by atomic mass is 16.5. The average molecular weight is 857 g/mol. The molecule has 0 bridgehead atoms. The number of aromatic carboxylic acids is 1. The fourth-order valence-electron chi connectivity index (χ4n) is 6.08. The number of anilines is 4. The van der Waals surface area contributed by atoms with E-state index in [4.69, 9.17) is 9.47 Å². The average Bonchev–Trinajstić information content (AvgIpc) is 3.26. The minimum Gasteiger partial charge on any atom is -0.508 e. The number of nitrogens with one attached hydrogen (secondary N) is 5. The van der Waals surface area contributed by atoms with Gasteiger partial charge < -0.3 is 61.3 Å². The van der Waals surface area contributed by atoms with E-state index in [0.29, 0.717) is 23.2 Å². The predicted octanol–water partition coefficient (Wildman–Crippen LogP) is 5.76. The van der Waals surface area contributed by atoms with E-state index in [1.54, 1.807) is 19.1 Å². The summed E-state index contributed by atoms with van der Waals surface area (Å²) in [6.07, 6.45) is 1.46. The lowest BCUT2D eigenvalue weighted by atomic mass is 9.96. The molecular formula is C45H40N6O12. The van der Waals surface area contributed by atoms with E-state index in [1.165, 1.54) is 92.0 Å². The van der Waals surface area contributed by atoms with E-state index in [1.807, 2.05) is 6.07 Å². The zero-order valence-electron chi connectivity index (χ0n) is 33.8. The Balaban J connectivity index is 1.20. The summed E-state index contributed by atoms with van der Waals surface area (Å²) in [7, 11) is 2.36. The van der Waals surface area contributed by atoms with Crippen LogP contribution in [0, 0.1) is 11.3 Å². The van der Waals surface area contributed by atoms with E-state index in [0.717, 1.165) is 18.7 Å². The van der Waals surface area contributed by atoms with Gasteiger partial charge in [-0.1, -0.05) is 12.1 Å². The number of carbonyl (C=O) groups is 6. The maximum absolute atomic E-state index is 13.3. The number of ether oxygens (including phenoxy) is 2. The van der Waals surface area contributed by atoms with Crippen LogP contribution < -0.4 is 36.1 Å². The second-order valence-corrected chi connectivity index (χ2v) is 13.7. The first-order chi connectivity index (χ1) is 30.1. The standard InChI is InChI=1S/C45H40N6O12/c1-25(26-8-14-31(53)15-9-26)22-36(54)48-30-12-6-28(7-13-30)42(58)51-45(24-52,20-21-46)23-47-29-10-4-27(5-11-29)41(57)49-34-18-16-32(37(55)39(34)62-2)43(59)50-35-19-17-33(44(60)61)38(56)40(35)63-3/h4-19,22,24,47,53,55-56H,20,23H2,1-3H3,(H,48,54)(H,49,57)(H,50,59)(H,51,58)(H,60,61). The van der Waals surface area contributed by atoms with Gasteiger partial charge in [-0.05, 0) is 103 Å². The van der Waals surface area contributed by atoms with Crippen LogP contribution >= 0.6 is 0 Å². The van der Waals surface area contributed by atoms with Gasteiger partial charge in [-0.2, -0.15) is 5.26 Å². The molecule has 18 heteroatoms. The van der Waals surface area contributed by atoms with E-state index in [-0.39, 0.29) is 58.3 Å². The normalized spacial score (nSPS) is 11.7. The molecule has 0 radical (unpaired) electrons. The Morgan fingerprint density at radius 1 is 0.667 bits per heavy atom. The summed E-state index contributed by atoms with van der Waals surface area (Å²) < 4.78 is 10.4. The second kappa shape index (κ2) is 19.9. The molecule has 0 aliphatic carbocycles. The number of phenols is 3. The van der Waals surface area contributed by atoms with Crippen molar-refractivity contribution < 1.29 is 58.7 Å². The third-order valence-electron chi connectivity index (χ3n) is 9.47. The van der Waals surface area contributed by atoms with Crippen LogP contribution in [0.4, 0.5) is 22.7 Å². The summed E-state index contributed by atoms with van der Waals surface area (Å²) in [6.45, 7) is 1.54. The maximum Gasteiger partial charge on any atom is 0.339 e. The summed E-state index contributed by atoms with van der Waals surface area (Å²) >= 11 is 0. The highest BCUT2D eigenvalue weighted by molar-refractivity contribution is 6.10. The quantitative estimate of drug-likeness (QED) is 0.0397. The molecule has 0 saturated heterocycles. The third kappa shape index (κ3) is 10.9. The lowest BCUT2D eigenvalue weighted by molar-refractivity contribution is -0.113. The topological polar surface area (TPSA) is 286 Å². The van der Waals surface area contributed by atoms with Gasteiger partial charge in [0.25, 0.3) is 17.7 Å². The number of benzene rings is 5. The van der Waals surface area contributed by atoms with Crippen molar-refractivity contribution in [2.24, 2.45) is 0 Å². The van der Waals surface area contributed by atoms with E-state index >= 15 is 0 Å². The summed E-state index contributed by atoms with van der Waals surface area (Å²) in [6, 6.07) is 24.9. The second-order valence-electron chi connectivity index (χ2n) is 13.7. The van der Waals surface area contributed by atoms with Gasteiger partial charge in [-0.3, -0.25) is 19.2 Å². The number of aromatic hydroxyl groups is 3. The highest BCUT2D eigenvalue weighted by Crippen LogP contribution is 2.40. The fourth-order valence-corrected chi connectivity index (χ4v) is 6.08. The Hall–Kier alpha value is -8.85. The molecule has 0 spiro atoms. The lowest BCUT2D eigenvalue weighted by Crippen LogP contribution is -2.54. The molecule has 1 atom stereocenters. The van der Waals surface area contributed by atoms with Gasteiger partial charge in [0.1, 0.15) is 23.1 Å². The largest absolute Gasteiger partial charge is 0.508 e. The van der Waals surface area contributed by atoms with Crippen LogP contribution in [0.2, 0.25) is 0 Å². The Kier molecular flexibility index (Phi) is 14.3. The van der Waals surface area contributed by atoms with E-state index < -0.39 is 52.2 Å². The van der Waals surface area contributed by atoms with Gasteiger partial charge in [0.2, 0.25) is 5.91 Å². The monoisotopic (exact) mass is 856 g/mol. The van der Waals surface area contributed by atoms with Crippen molar-refractivity contribution in [3.63, 3.8) is 0 Å². The SMILES string of the molecule is COc1c(NC(=O)c2ccc(NC(=O)c3ccc(NCC(C=O)(CC#N)NC(=O)c4ccc(NC(=O)C=C(C)c5ccc(O)cc5)cc4)cc3)c(OC)c2O)ccc(C(=O)O)c1O. The molecule has 5 aromatic rings. The number of hydrogen-bond acceptors (Lipinski definition) is 13. The van der Waals surface area contributed by atoms with Crippen LogP contribution in [-0.4, -0.2) is 82.6 Å². The van der Waals surface area contributed by atoms with Gasteiger partial charge in [0.15, 0.2) is 23.0 Å². The Morgan fingerprint density at radius 2 is 1.17 bits per heavy atom. The number of amides is 4. The molecule has 0 fully saturated rings.